The van der Waals surface area contributed by atoms with Crippen LogP contribution in [0.1, 0.15) is 27.1 Å². The molecule has 1 aromatic heterocycles. The molecule has 0 saturated carbocycles. The van der Waals surface area contributed by atoms with Crippen molar-refractivity contribution in [2.45, 2.75) is 18.8 Å². The van der Waals surface area contributed by atoms with Crippen LogP contribution in [-0.2, 0) is 28.8 Å². The number of aromatic nitrogens is 1. The summed E-state index contributed by atoms with van der Waals surface area (Å²) in [6.07, 6.45) is -9.18. The number of halogens is 6. The van der Waals surface area contributed by atoms with Gasteiger partial charge in [0, 0.05) is 18.5 Å². The van der Waals surface area contributed by atoms with E-state index in [0.717, 1.165) is 17.4 Å². The molecule has 1 aliphatic heterocycles. The number of nitrogens with one attached hydrogen (secondary N) is 1. The second-order valence-corrected chi connectivity index (χ2v) is 10.8. The van der Waals surface area contributed by atoms with Crippen LogP contribution in [0.3, 0.4) is 0 Å². The topological polar surface area (TPSA) is 130 Å². The third kappa shape index (κ3) is 6.31. The van der Waals surface area contributed by atoms with Crippen molar-refractivity contribution >= 4 is 38.3 Å². The average Bonchev–Trinajstić information content (AvgIpc) is 3.41. The first-order valence-electron chi connectivity index (χ1n) is 10.6. The zero-order chi connectivity index (χ0) is 27.9. The predicted octanol–water partition coefficient (Wildman–Crippen LogP) is 3.00. The third-order valence-corrected chi connectivity index (χ3v) is 7.23. The fourth-order valence-electron chi connectivity index (χ4n) is 3.65. The quantitative estimate of drug-likeness (QED) is 0.372. The van der Waals surface area contributed by atoms with Crippen LogP contribution in [0.4, 0.5) is 31.5 Å². The van der Waals surface area contributed by atoms with Crippen LogP contribution < -0.4 is 21.0 Å². The molecule has 2 aromatic carbocycles. The maximum Gasteiger partial charge on any atom is 0.416 e. The van der Waals surface area contributed by atoms with Gasteiger partial charge in [-0.3, -0.25) is 0 Å². The standard InChI is InChI=1S/C22H17F6N5O3S2/c23-21(24,25)14-3-1-12(16(9-14)22(26,27)28)8-15(11-2-4-17-13(7-11)10-31-33-17)18-19(34)32-20(37-18)30-5-6-38(29,35)36/h1-4,7,9-10,34H,5-6,8H2,(H,30,32)(H2,29,35,36). The molecule has 0 spiro atoms. The van der Waals surface area contributed by atoms with Crippen molar-refractivity contribution in [2.24, 2.45) is 15.3 Å². The summed E-state index contributed by atoms with van der Waals surface area (Å²) in [6.45, 7) is -0.158. The van der Waals surface area contributed by atoms with Gasteiger partial charge >= 0.3 is 12.4 Å². The molecule has 0 fully saturated rings. The Morgan fingerprint density at radius 1 is 1.05 bits per heavy atom. The molecule has 0 bridgehead atoms. The van der Waals surface area contributed by atoms with Crippen molar-refractivity contribution < 1.29 is 39.9 Å². The lowest BCUT2D eigenvalue weighted by Gasteiger charge is -2.17. The smallest absolute Gasteiger partial charge is 0.416 e. The highest BCUT2D eigenvalue weighted by Gasteiger charge is 2.38. The zero-order valence-corrected chi connectivity index (χ0v) is 20.6. The molecule has 8 nitrogen and oxygen atoms in total. The normalized spacial score (nSPS) is 14.3. The Labute approximate surface area is 214 Å². The second-order valence-electron chi connectivity index (χ2n) is 8.11. The van der Waals surface area contributed by atoms with Crippen LogP contribution in [0.25, 0.3) is 5.57 Å². The molecule has 0 atom stereocenters. The fourth-order valence-corrected chi connectivity index (χ4v) is 4.99. The van der Waals surface area contributed by atoms with Gasteiger partial charge in [-0.2, -0.15) is 41.5 Å². The lowest BCUT2D eigenvalue weighted by atomic mass is 9.94. The predicted molar refractivity (Wildman–Crippen MR) is 128 cm³/mol. The van der Waals surface area contributed by atoms with E-state index < -0.39 is 57.1 Å². The van der Waals surface area contributed by atoms with Crippen molar-refractivity contribution in [3.8, 4) is 5.88 Å². The maximum atomic E-state index is 13.8. The molecule has 38 heavy (non-hydrogen) atoms. The van der Waals surface area contributed by atoms with Crippen LogP contribution in [0, 0.1) is 0 Å². The van der Waals surface area contributed by atoms with Crippen molar-refractivity contribution in [1.29, 1.82) is 0 Å². The number of sulfonamides is 1. The van der Waals surface area contributed by atoms with Crippen molar-refractivity contribution in [2.75, 3.05) is 17.6 Å². The summed E-state index contributed by atoms with van der Waals surface area (Å²) in [5.41, 5.74) is -2.71. The molecule has 1 aliphatic rings. The summed E-state index contributed by atoms with van der Waals surface area (Å²) in [6, 6.07) is 6.00. The Balaban J connectivity index is 1.85. The molecule has 4 rings (SSSR count). The summed E-state index contributed by atoms with van der Waals surface area (Å²) < 4.78 is 103. The number of primary sulfonamides is 1. The van der Waals surface area contributed by atoms with Gasteiger partial charge in [-0.05, 0) is 40.6 Å². The summed E-state index contributed by atoms with van der Waals surface area (Å²) in [4.78, 5) is 3.93. The van der Waals surface area contributed by atoms with Gasteiger partial charge in [-0.25, -0.2) is 13.6 Å². The third-order valence-electron chi connectivity index (χ3n) is 5.39. The van der Waals surface area contributed by atoms with E-state index in [1.807, 2.05) is 0 Å². The first-order chi connectivity index (χ1) is 17.6. The molecule has 3 aromatic rings. The number of thiazole rings is 1. The zero-order valence-electron chi connectivity index (χ0n) is 18.9. The van der Waals surface area contributed by atoms with E-state index in [2.05, 4.69) is 20.5 Å². The number of hydrogen-bond donors (Lipinski definition) is 3. The number of nitrogens with two attached hydrogens (primary N) is 1. The van der Waals surface area contributed by atoms with Gasteiger partial charge in [0.1, 0.15) is 0 Å². The summed E-state index contributed by atoms with van der Waals surface area (Å²) in [7, 11) is -3.80. The Kier molecular flexibility index (Phi) is 7.24. The molecule has 0 saturated heterocycles. The highest BCUT2D eigenvalue weighted by molar-refractivity contribution is 7.89. The molecular weight excluding hydrogens is 560 g/mol. The molecule has 4 N–H and O–H groups in total. The van der Waals surface area contributed by atoms with Crippen LogP contribution in [0.2, 0.25) is 0 Å². The van der Waals surface area contributed by atoms with Gasteiger partial charge in [0.25, 0.3) is 0 Å². The lowest BCUT2D eigenvalue weighted by molar-refractivity contribution is -0.143. The van der Waals surface area contributed by atoms with Gasteiger partial charge in [0.2, 0.25) is 15.9 Å². The molecule has 0 amide bonds. The Bertz CT molecular complexity index is 1650. The van der Waals surface area contributed by atoms with Gasteiger partial charge in [-0.1, -0.05) is 23.5 Å². The molecule has 16 heteroatoms. The fraction of sp³-hybridized carbons (Fsp3) is 0.227. The number of benzene rings is 2. The number of anilines is 1. The number of alkyl halides is 6. The number of hydrogen-bond acceptors (Lipinski definition) is 8. The van der Waals surface area contributed by atoms with Gasteiger partial charge in [-0.15, -0.1) is 0 Å². The van der Waals surface area contributed by atoms with Crippen LogP contribution in [0.5, 0.6) is 5.88 Å². The van der Waals surface area contributed by atoms with Crippen LogP contribution in [-0.4, -0.2) is 37.0 Å². The summed E-state index contributed by atoms with van der Waals surface area (Å²) in [5.74, 6) is -1.02. The van der Waals surface area contributed by atoms with E-state index in [-0.39, 0.29) is 28.2 Å². The maximum absolute atomic E-state index is 13.8. The van der Waals surface area contributed by atoms with E-state index in [4.69, 9.17) is 5.14 Å². The van der Waals surface area contributed by atoms with Gasteiger partial charge in [0.15, 0.2) is 5.13 Å². The Morgan fingerprint density at radius 2 is 1.79 bits per heavy atom. The first-order valence-corrected chi connectivity index (χ1v) is 13.1. The van der Waals surface area contributed by atoms with E-state index in [1.165, 1.54) is 12.3 Å². The molecule has 0 aliphatic carbocycles. The minimum absolute atomic E-state index is 0.0305. The highest BCUT2D eigenvalue weighted by Crippen LogP contribution is 2.40. The Hall–Kier alpha value is -3.50. The minimum atomic E-state index is -5.10. The van der Waals surface area contributed by atoms with Crippen molar-refractivity contribution in [1.82, 2.24) is 4.98 Å². The molecular formula is C22H17F6N5O3S2. The number of fused-ring (bicyclic) bond motifs is 1. The molecule has 0 radical (unpaired) electrons. The van der Waals surface area contributed by atoms with Crippen LogP contribution in [0.15, 0.2) is 46.6 Å². The highest BCUT2D eigenvalue weighted by atomic mass is 32.2. The van der Waals surface area contributed by atoms with E-state index in [9.17, 15) is 39.9 Å². The first kappa shape index (κ1) is 27.5. The average molecular weight is 578 g/mol. The van der Waals surface area contributed by atoms with Crippen molar-refractivity contribution in [3.05, 3.63) is 74.1 Å². The molecule has 2 heterocycles. The monoisotopic (exact) mass is 577 g/mol. The molecule has 0 unspecified atom stereocenters. The number of nitrogens with zero attached hydrogens (tertiary/aromatic N) is 3. The van der Waals surface area contributed by atoms with Gasteiger partial charge < -0.3 is 10.4 Å². The Morgan fingerprint density at radius 3 is 2.45 bits per heavy atom. The lowest BCUT2D eigenvalue weighted by Crippen LogP contribution is -2.22. The van der Waals surface area contributed by atoms with E-state index in [1.54, 1.807) is 12.1 Å². The van der Waals surface area contributed by atoms with Gasteiger partial charge in [0.05, 0.1) is 33.3 Å². The van der Waals surface area contributed by atoms with E-state index >= 15 is 0 Å². The second kappa shape index (κ2) is 9.99. The number of rotatable bonds is 7. The minimum Gasteiger partial charge on any atom is -0.492 e. The van der Waals surface area contributed by atoms with Crippen LogP contribution >= 0.6 is 11.3 Å². The molecule has 202 valence electrons. The largest absolute Gasteiger partial charge is 0.492 e. The van der Waals surface area contributed by atoms with Crippen molar-refractivity contribution in [3.63, 3.8) is 0 Å². The summed E-state index contributed by atoms with van der Waals surface area (Å²) >= 11 is 0.823. The summed E-state index contributed by atoms with van der Waals surface area (Å²) in [5, 5.41) is 26.7. The number of aromatic hydroxyl groups is 1. The SMILES string of the molecule is NS(=O)(=O)CCNc1nc(O)c(C(Cc2ccc(C(F)(F)F)cc2C(F)(F)F)=c2ccc3c(c2)C=NN=3)s1. The van der Waals surface area contributed by atoms with E-state index in [0.29, 0.717) is 22.2 Å².